The van der Waals surface area contributed by atoms with Crippen LogP contribution in [0.15, 0.2) is 29.1 Å². The minimum Gasteiger partial charge on any atom is -0.356 e. The van der Waals surface area contributed by atoms with Gasteiger partial charge in [-0.25, -0.2) is 0 Å². The molecule has 22 heavy (non-hydrogen) atoms. The molecule has 1 aromatic heterocycles. The van der Waals surface area contributed by atoms with Crippen LogP contribution in [0.3, 0.4) is 0 Å². The fourth-order valence-corrected chi connectivity index (χ4v) is 3.20. The van der Waals surface area contributed by atoms with Crippen LogP contribution in [0.2, 0.25) is 0 Å². The molecule has 116 valence electrons. The number of aromatic amines is 1. The molecule has 0 radical (unpaired) electrons. The van der Waals surface area contributed by atoms with Crippen molar-refractivity contribution in [3.8, 4) is 0 Å². The molecule has 3 rings (SSSR count). The van der Waals surface area contributed by atoms with Gasteiger partial charge in [-0.05, 0) is 54.8 Å². The minimum atomic E-state index is -0.0606. The molecule has 0 atom stereocenters. The van der Waals surface area contributed by atoms with Crippen LogP contribution in [-0.2, 0) is 11.2 Å². The van der Waals surface area contributed by atoms with E-state index in [0.717, 1.165) is 23.0 Å². The van der Waals surface area contributed by atoms with Crippen molar-refractivity contribution in [2.45, 2.75) is 39.0 Å². The molecule has 1 aromatic carbocycles. The highest BCUT2D eigenvalue weighted by Crippen LogP contribution is 2.23. The molecule has 0 bridgehead atoms. The Labute approximate surface area is 129 Å². The first kappa shape index (κ1) is 14.8. The number of hydrogen-bond donors (Lipinski definition) is 2. The summed E-state index contributed by atoms with van der Waals surface area (Å²) in [6.07, 6.45) is 5.46. The van der Waals surface area contributed by atoms with E-state index in [4.69, 9.17) is 0 Å². The number of rotatable bonds is 4. The lowest BCUT2D eigenvalue weighted by Crippen LogP contribution is -2.29. The molecular weight excluding hydrogens is 276 g/mol. The van der Waals surface area contributed by atoms with Gasteiger partial charge in [0, 0.05) is 17.6 Å². The maximum atomic E-state index is 12.1. The summed E-state index contributed by atoms with van der Waals surface area (Å²) in [5.74, 6) is 0.737. The van der Waals surface area contributed by atoms with Gasteiger partial charge < -0.3 is 10.3 Å². The van der Waals surface area contributed by atoms with E-state index in [2.05, 4.69) is 10.3 Å². The molecule has 2 N–H and O–H groups in total. The summed E-state index contributed by atoms with van der Waals surface area (Å²) in [6, 6.07) is 7.63. The first-order valence-corrected chi connectivity index (χ1v) is 8.01. The molecule has 1 saturated carbocycles. The summed E-state index contributed by atoms with van der Waals surface area (Å²) < 4.78 is 0. The predicted molar refractivity (Wildman–Crippen MR) is 88.0 cm³/mol. The van der Waals surface area contributed by atoms with Crippen LogP contribution in [0.4, 0.5) is 0 Å². The Balaban J connectivity index is 1.66. The summed E-state index contributed by atoms with van der Waals surface area (Å²) >= 11 is 0. The van der Waals surface area contributed by atoms with Crippen molar-refractivity contribution in [2.75, 3.05) is 6.54 Å². The van der Waals surface area contributed by atoms with Gasteiger partial charge >= 0.3 is 0 Å². The maximum absolute atomic E-state index is 12.1. The monoisotopic (exact) mass is 298 g/mol. The average Bonchev–Trinajstić information content (AvgIpc) is 3.00. The molecule has 1 heterocycles. The topological polar surface area (TPSA) is 62.0 Å². The lowest BCUT2D eigenvalue weighted by molar-refractivity contribution is -0.120. The highest BCUT2D eigenvalue weighted by Gasteiger charge is 2.15. The summed E-state index contributed by atoms with van der Waals surface area (Å²) in [7, 11) is 0. The lowest BCUT2D eigenvalue weighted by atomic mass is 10.1. The highest BCUT2D eigenvalue weighted by atomic mass is 16.1. The minimum absolute atomic E-state index is 0.0606. The van der Waals surface area contributed by atoms with E-state index in [0.29, 0.717) is 17.9 Å². The van der Waals surface area contributed by atoms with Crippen LogP contribution in [0.5, 0.6) is 0 Å². The zero-order valence-electron chi connectivity index (χ0n) is 12.9. The van der Waals surface area contributed by atoms with Gasteiger partial charge in [-0.2, -0.15) is 0 Å². The first-order valence-electron chi connectivity index (χ1n) is 8.01. The van der Waals surface area contributed by atoms with Gasteiger partial charge in [-0.15, -0.1) is 0 Å². The van der Waals surface area contributed by atoms with E-state index in [-0.39, 0.29) is 11.5 Å². The van der Waals surface area contributed by atoms with Gasteiger partial charge in [-0.1, -0.05) is 18.9 Å². The molecule has 1 aliphatic carbocycles. The second-order valence-corrected chi connectivity index (χ2v) is 6.33. The third-order valence-electron chi connectivity index (χ3n) is 4.52. The van der Waals surface area contributed by atoms with Crippen molar-refractivity contribution in [1.29, 1.82) is 0 Å². The fraction of sp³-hybridized carbons (Fsp3) is 0.444. The van der Waals surface area contributed by atoms with Crippen LogP contribution in [0, 0.1) is 12.8 Å². The third kappa shape index (κ3) is 3.38. The van der Waals surface area contributed by atoms with Crippen molar-refractivity contribution >= 4 is 16.8 Å². The van der Waals surface area contributed by atoms with E-state index < -0.39 is 0 Å². The average molecular weight is 298 g/mol. The van der Waals surface area contributed by atoms with E-state index in [9.17, 15) is 9.59 Å². The largest absolute Gasteiger partial charge is 0.356 e. The first-order chi connectivity index (χ1) is 10.6. The maximum Gasteiger partial charge on any atom is 0.251 e. The summed E-state index contributed by atoms with van der Waals surface area (Å²) in [6.45, 7) is 2.60. The third-order valence-corrected chi connectivity index (χ3v) is 4.52. The van der Waals surface area contributed by atoms with Crippen molar-refractivity contribution in [2.24, 2.45) is 5.92 Å². The van der Waals surface area contributed by atoms with E-state index in [1.165, 1.54) is 25.7 Å². The Hall–Kier alpha value is -2.10. The molecule has 1 amide bonds. The zero-order valence-corrected chi connectivity index (χ0v) is 12.9. The van der Waals surface area contributed by atoms with Crippen molar-refractivity contribution < 1.29 is 4.79 Å². The highest BCUT2D eigenvalue weighted by molar-refractivity contribution is 5.83. The molecule has 4 nitrogen and oxygen atoms in total. The van der Waals surface area contributed by atoms with Crippen LogP contribution in [0.1, 0.15) is 36.8 Å². The second kappa shape index (κ2) is 6.34. The number of hydrogen-bond acceptors (Lipinski definition) is 2. The van der Waals surface area contributed by atoms with Crippen LogP contribution in [-0.4, -0.2) is 17.4 Å². The van der Waals surface area contributed by atoms with Gasteiger partial charge in [0.15, 0.2) is 0 Å². The van der Waals surface area contributed by atoms with Gasteiger partial charge in [0.05, 0.1) is 6.42 Å². The fourth-order valence-electron chi connectivity index (χ4n) is 3.20. The van der Waals surface area contributed by atoms with Gasteiger partial charge in [0.25, 0.3) is 5.56 Å². The molecular formula is C18H22N2O2. The number of carbonyl (C=O) groups excluding carboxylic acids is 1. The van der Waals surface area contributed by atoms with Crippen molar-refractivity contribution in [3.05, 3.63) is 45.7 Å². The molecule has 0 spiro atoms. The number of amides is 1. The number of H-pyrrole nitrogens is 1. The Kier molecular flexibility index (Phi) is 4.27. The molecule has 0 unspecified atom stereocenters. The normalized spacial score (nSPS) is 15.3. The lowest BCUT2D eigenvalue weighted by Gasteiger charge is -2.11. The van der Waals surface area contributed by atoms with E-state index in [1.54, 1.807) is 6.92 Å². The van der Waals surface area contributed by atoms with Crippen LogP contribution < -0.4 is 10.9 Å². The smallest absolute Gasteiger partial charge is 0.251 e. The van der Waals surface area contributed by atoms with Gasteiger partial charge in [0.1, 0.15) is 0 Å². The number of fused-ring (bicyclic) bond motifs is 1. The number of aryl methyl sites for hydroxylation is 1. The number of benzene rings is 1. The van der Waals surface area contributed by atoms with E-state index in [1.807, 2.05) is 24.3 Å². The van der Waals surface area contributed by atoms with Crippen LogP contribution in [0.25, 0.3) is 10.9 Å². The number of carbonyl (C=O) groups is 1. The number of pyridine rings is 1. The summed E-state index contributed by atoms with van der Waals surface area (Å²) in [5, 5.41) is 4.02. The van der Waals surface area contributed by atoms with Crippen molar-refractivity contribution in [1.82, 2.24) is 10.3 Å². The molecule has 4 heteroatoms. The van der Waals surface area contributed by atoms with Crippen LogP contribution >= 0.6 is 0 Å². The molecule has 1 aliphatic rings. The summed E-state index contributed by atoms with van der Waals surface area (Å²) in [5.41, 5.74) is 2.42. The van der Waals surface area contributed by atoms with E-state index >= 15 is 0 Å². The molecule has 0 saturated heterocycles. The Morgan fingerprint density at radius 3 is 2.82 bits per heavy atom. The van der Waals surface area contributed by atoms with Crippen molar-refractivity contribution in [3.63, 3.8) is 0 Å². The SMILES string of the molecule is Cc1cc2cc(CC(=O)NCC3CCCC3)ccc2[nH]c1=O. The summed E-state index contributed by atoms with van der Waals surface area (Å²) in [4.78, 5) is 26.5. The van der Waals surface area contributed by atoms with Gasteiger partial charge in [0.2, 0.25) is 5.91 Å². The number of aromatic nitrogens is 1. The van der Waals surface area contributed by atoms with Gasteiger partial charge in [-0.3, -0.25) is 9.59 Å². The molecule has 0 aliphatic heterocycles. The predicted octanol–water partition coefficient (Wildman–Crippen LogP) is 2.69. The Morgan fingerprint density at radius 2 is 2.05 bits per heavy atom. The molecule has 2 aromatic rings. The second-order valence-electron chi connectivity index (χ2n) is 6.33. The zero-order chi connectivity index (χ0) is 15.5. The molecule has 1 fully saturated rings. The number of nitrogens with one attached hydrogen (secondary N) is 2. The Bertz CT molecular complexity index is 742. The Morgan fingerprint density at radius 1 is 1.27 bits per heavy atom. The standard InChI is InChI=1S/C18H22N2O2/c1-12-8-15-9-14(6-7-16(15)20-18(12)22)10-17(21)19-11-13-4-2-3-5-13/h6-9,13H,2-5,10-11H2,1H3,(H,19,21)(H,20,22). The quantitative estimate of drug-likeness (QED) is 0.911.